The van der Waals surface area contributed by atoms with Gasteiger partial charge in [0.2, 0.25) is 0 Å². The van der Waals surface area contributed by atoms with E-state index in [0.717, 1.165) is 44.3 Å². The molecule has 2 heteroatoms. The third-order valence-corrected chi connectivity index (χ3v) is 3.61. The Morgan fingerprint density at radius 2 is 1.93 bits per heavy atom. The van der Waals surface area contributed by atoms with Crippen molar-refractivity contribution in [1.29, 1.82) is 0 Å². The van der Waals surface area contributed by atoms with Crippen LogP contribution in [0.15, 0.2) is 12.2 Å². The van der Waals surface area contributed by atoms with Crippen molar-refractivity contribution in [2.24, 2.45) is 5.41 Å². The zero-order valence-corrected chi connectivity index (χ0v) is 10.1. The molecule has 0 spiro atoms. The third kappa shape index (κ3) is 3.16. The molecule has 0 aromatic heterocycles. The van der Waals surface area contributed by atoms with Crippen LogP contribution in [-0.2, 0) is 4.79 Å². The highest BCUT2D eigenvalue weighted by Crippen LogP contribution is 2.35. The molecule has 2 nitrogen and oxygen atoms in total. The van der Waals surface area contributed by atoms with E-state index in [1.807, 2.05) is 6.92 Å². The fourth-order valence-corrected chi connectivity index (χ4v) is 2.33. The van der Waals surface area contributed by atoms with Crippen LogP contribution in [0.3, 0.4) is 0 Å². The Labute approximate surface area is 93.1 Å². The molecule has 0 aliphatic carbocycles. The molecule has 0 bridgehead atoms. The highest BCUT2D eigenvalue weighted by molar-refractivity contribution is 5.85. The van der Waals surface area contributed by atoms with E-state index in [1.165, 1.54) is 0 Å². The van der Waals surface area contributed by atoms with Crippen LogP contribution in [0, 0.1) is 5.41 Å². The maximum atomic E-state index is 12.2. The Balaban J connectivity index is 2.55. The van der Waals surface area contributed by atoms with Crippen LogP contribution in [0.5, 0.6) is 0 Å². The monoisotopic (exact) mass is 209 g/mol. The van der Waals surface area contributed by atoms with Crippen LogP contribution in [0.4, 0.5) is 0 Å². The van der Waals surface area contributed by atoms with Gasteiger partial charge in [0.05, 0.1) is 0 Å². The molecule has 1 N–H and O–H groups in total. The van der Waals surface area contributed by atoms with E-state index in [1.54, 1.807) is 0 Å². The van der Waals surface area contributed by atoms with Crippen molar-refractivity contribution in [1.82, 2.24) is 5.32 Å². The van der Waals surface area contributed by atoms with Crippen LogP contribution < -0.4 is 5.32 Å². The van der Waals surface area contributed by atoms with Crippen molar-refractivity contribution in [2.45, 2.75) is 46.0 Å². The molecule has 0 aromatic rings. The number of piperidine rings is 1. The van der Waals surface area contributed by atoms with Crippen LogP contribution in [0.25, 0.3) is 0 Å². The number of nitrogens with one attached hydrogen (secondary N) is 1. The molecule has 1 saturated heterocycles. The standard InChI is InChI=1S/C13H23NO/c1-4-13(7-9-14-10-8-13)12(15)6-5-11(2)3/h14H,2,4-10H2,1,3H3. The van der Waals surface area contributed by atoms with Gasteiger partial charge in [0.25, 0.3) is 0 Å². The predicted molar refractivity (Wildman–Crippen MR) is 63.9 cm³/mol. The lowest BCUT2D eigenvalue weighted by Crippen LogP contribution is -2.41. The van der Waals surface area contributed by atoms with Crippen molar-refractivity contribution < 1.29 is 4.79 Å². The lowest BCUT2D eigenvalue weighted by molar-refractivity contribution is -0.130. The van der Waals surface area contributed by atoms with Crippen LogP contribution in [0.2, 0.25) is 0 Å². The summed E-state index contributed by atoms with van der Waals surface area (Å²) in [6.07, 6.45) is 4.55. The molecule has 0 saturated carbocycles. The summed E-state index contributed by atoms with van der Waals surface area (Å²) >= 11 is 0. The minimum Gasteiger partial charge on any atom is -0.317 e. The largest absolute Gasteiger partial charge is 0.317 e. The van der Waals surface area contributed by atoms with Gasteiger partial charge in [0.1, 0.15) is 5.78 Å². The van der Waals surface area contributed by atoms with E-state index in [0.29, 0.717) is 12.2 Å². The molecule has 1 aliphatic heterocycles. The zero-order chi connectivity index (χ0) is 11.3. The molecule has 0 radical (unpaired) electrons. The molecular weight excluding hydrogens is 186 g/mol. The van der Waals surface area contributed by atoms with Gasteiger partial charge in [0, 0.05) is 11.8 Å². The topological polar surface area (TPSA) is 29.1 Å². The molecule has 0 unspecified atom stereocenters. The van der Waals surface area contributed by atoms with Crippen LogP contribution >= 0.6 is 0 Å². The molecule has 0 atom stereocenters. The Hall–Kier alpha value is -0.630. The molecule has 1 heterocycles. The quantitative estimate of drug-likeness (QED) is 0.705. The lowest BCUT2D eigenvalue weighted by atomic mass is 9.72. The molecule has 86 valence electrons. The second kappa shape index (κ2) is 5.45. The van der Waals surface area contributed by atoms with E-state index < -0.39 is 0 Å². The zero-order valence-electron chi connectivity index (χ0n) is 10.1. The van der Waals surface area contributed by atoms with Gasteiger partial charge in [-0.15, -0.1) is 6.58 Å². The van der Waals surface area contributed by atoms with Crippen molar-refractivity contribution in [3.05, 3.63) is 12.2 Å². The summed E-state index contributed by atoms with van der Waals surface area (Å²) in [5, 5.41) is 3.32. The van der Waals surface area contributed by atoms with E-state index >= 15 is 0 Å². The summed E-state index contributed by atoms with van der Waals surface area (Å²) in [5.41, 5.74) is 1.09. The average molecular weight is 209 g/mol. The Bertz CT molecular complexity index is 239. The maximum absolute atomic E-state index is 12.2. The number of allylic oxidation sites excluding steroid dienone is 1. The minimum atomic E-state index is -0.0271. The third-order valence-electron chi connectivity index (χ3n) is 3.61. The fraction of sp³-hybridized carbons (Fsp3) is 0.769. The number of ketones is 1. The molecule has 0 amide bonds. The van der Waals surface area contributed by atoms with E-state index in [2.05, 4.69) is 18.8 Å². The van der Waals surface area contributed by atoms with Gasteiger partial charge in [-0.25, -0.2) is 0 Å². The fourth-order valence-electron chi connectivity index (χ4n) is 2.33. The predicted octanol–water partition coefficient (Wildman–Crippen LogP) is 2.69. The SMILES string of the molecule is C=C(C)CCC(=O)C1(CC)CCNCC1. The van der Waals surface area contributed by atoms with Crippen molar-refractivity contribution in [3.63, 3.8) is 0 Å². The average Bonchev–Trinajstić information content (AvgIpc) is 2.26. The number of rotatable bonds is 5. The number of hydrogen-bond donors (Lipinski definition) is 1. The molecule has 1 fully saturated rings. The van der Waals surface area contributed by atoms with E-state index in [-0.39, 0.29) is 5.41 Å². The van der Waals surface area contributed by atoms with Gasteiger partial charge in [0.15, 0.2) is 0 Å². The number of hydrogen-bond acceptors (Lipinski definition) is 2. The van der Waals surface area contributed by atoms with Crippen molar-refractivity contribution in [2.75, 3.05) is 13.1 Å². The summed E-state index contributed by atoms with van der Waals surface area (Å²) in [4.78, 5) is 12.2. The smallest absolute Gasteiger partial charge is 0.139 e. The Kier molecular flexibility index (Phi) is 4.52. The second-order valence-corrected chi connectivity index (χ2v) is 4.76. The molecule has 1 aliphatic rings. The first-order valence-corrected chi connectivity index (χ1v) is 5.99. The molecule has 1 rings (SSSR count). The number of carbonyl (C=O) groups excluding carboxylic acids is 1. The first-order chi connectivity index (χ1) is 7.10. The number of Topliss-reactive ketones (excluding diaryl/α,β-unsaturated/α-hetero) is 1. The first-order valence-electron chi connectivity index (χ1n) is 5.99. The molecule has 15 heavy (non-hydrogen) atoms. The first kappa shape index (κ1) is 12.4. The van der Waals surface area contributed by atoms with Crippen LogP contribution in [-0.4, -0.2) is 18.9 Å². The van der Waals surface area contributed by atoms with Crippen molar-refractivity contribution in [3.8, 4) is 0 Å². The molecule has 0 aromatic carbocycles. The van der Waals surface area contributed by atoms with Gasteiger partial charge in [-0.2, -0.15) is 0 Å². The van der Waals surface area contributed by atoms with Crippen LogP contribution in [0.1, 0.15) is 46.0 Å². The lowest BCUT2D eigenvalue weighted by Gasteiger charge is -2.35. The highest BCUT2D eigenvalue weighted by Gasteiger charge is 2.36. The van der Waals surface area contributed by atoms with E-state index in [9.17, 15) is 4.79 Å². The van der Waals surface area contributed by atoms with Gasteiger partial charge >= 0.3 is 0 Å². The van der Waals surface area contributed by atoms with Gasteiger partial charge in [-0.3, -0.25) is 4.79 Å². The van der Waals surface area contributed by atoms with Gasteiger partial charge < -0.3 is 5.32 Å². The maximum Gasteiger partial charge on any atom is 0.139 e. The summed E-state index contributed by atoms with van der Waals surface area (Å²) in [7, 11) is 0. The summed E-state index contributed by atoms with van der Waals surface area (Å²) in [5.74, 6) is 0.453. The second-order valence-electron chi connectivity index (χ2n) is 4.76. The highest BCUT2D eigenvalue weighted by atomic mass is 16.1. The summed E-state index contributed by atoms with van der Waals surface area (Å²) < 4.78 is 0. The number of carbonyl (C=O) groups is 1. The minimum absolute atomic E-state index is 0.0271. The van der Waals surface area contributed by atoms with E-state index in [4.69, 9.17) is 0 Å². The van der Waals surface area contributed by atoms with Crippen molar-refractivity contribution >= 4 is 5.78 Å². The summed E-state index contributed by atoms with van der Waals surface area (Å²) in [6, 6.07) is 0. The Morgan fingerprint density at radius 3 is 2.40 bits per heavy atom. The Morgan fingerprint density at radius 1 is 1.33 bits per heavy atom. The normalized spacial score (nSPS) is 19.9. The molecular formula is C13H23NO. The van der Waals surface area contributed by atoms with Gasteiger partial charge in [-0.05, 0) is 45.7 Å². The van der Waals surface area contributed by atoms with Gasteiger partial charge in [-0.1, -0.05) is 12.5 Å². The summed E-state index contributed by atoms with van der Waals surface area (Å²) in [6.45, 7) is 9.98.